The number of hydrogen-bond acceptors (Lipinski definition) is 2. The SMILES string of the molecule is Cc1ccc(N(c2ccc3c(c2)C([Si](C)(C)C)([Si](C)(C)C)c2cc4cc(N(c5ccc(C)cc5)c5cc(C)ccc5C)ccc4cc2-3)c2cc(C)ccc2C)cc1. The molecule has 1 aliphatic carbocycles. The van der Waals surface area contributed by atoms with Gasteiger partial charge in [-0.2, -0.15) is 0 Å². The normalized spacial score (nSPS) is 13.4. The lowest BCUT2D eigenvalue weighted by Crippen LogP contribution is -2.63. The number of benzene rings is 7. The maximum absolute atomic E-state index is 2.62. The second-order valence-corrected chi connectivity index (χ2v) is 29.8. The first kappa shape index (κ1) is 38.7. The van der Waals surface area contributed by atoms with Gasteiger partial charge in [0.2, 0.25) is 0 Å². The van der Waals surface area contributed by atoms with Crippen LogP contribution < -0.4 is 9.80 Å². The van der Waals surface area contributed by atoms with E-state index in [2.05, 4.69) is 224 Å². The number of hydrogen-bond donors (Lipinski definition) is 0. The molecule has 0 heterocycles. The predicted molar refractivity (Wildman–Crippen MR) is 255 cm³/mol. The van der Waals surface area contributed by atoms with E-state index >= 15 is 0 Å². The molecule has 8 rings (SSSR count). The van der Waals surface area contributed by atoms with Gasteiger partial charge in [0.1, 0.15) is 0 Å². The molecular formula is C53H58N2Si2. The van der Waals surface area contributed by atoms with Gasteiger partial charge in [0.25, 0.3) is 0 Å². The zero-order valence-corrected chi connectivity index (χ0v) is 38.1. The zero-order chi connectivity index (χ0) is 40.6. The van der Waals surface area contributed by atoms with Crippen LogP contribution in [0.3, 0.4) is 0 Å². The van der Waals surface area contributed by atoms with Crippen molar-refractivity contribution in [2.75, 3.05) is 9.80 Å². The van der Waals surface area contributed by atoms with E-state index < -0.39 is 16.1 Å². The topological polar surface area (TPSA) is 6.48 Å². The minimum absolute atomic E-state index is 0.0186. The maximum atomic E-state index is 2.62. The van der Waals surface area contributed by atoms with Gasteiger partial charge in [-0.25, -0.2) is 0 Å². The molecule has 0 fully saturated rings. The Labute approximate surface area is 343 Å². The van der Waals surface area contributed by atoms with Crippen LogP contribution in [0.1, 0.15) is 44.5 Å². The lowest BCUT2D eigenvalue weighted by molar-refractivity contribution is 0.953. The Hall–Kier alpha value is -5.17. The van der Waals surface area contributed by atoms with Gasteiger partial charge in [-0.15, -0.1) is 0 Å². The van der Waals surface area contributed by atoms with Gasteiger partial charge in [0.05, 0.1) is 16.1 Å². The van der Waals surface area contributed by atoms with Crippen molar-refractivity contribution < 1.29 is 0 Å². The highest BCUT2D eigenvalue weighted by Crippen LogP contribution is 2.59. The van der Waals surface area contributed by atoms with E-state index in [4.69, 9.17) is 0 Å². The Morgan fingerprint density at radius 3 is 1.26 bits per heavy atom. The van der Waals surface area contributed by atoms with Gasteiger partial charge in [-0.3, -0.25) is 0 Å². The lowest BCUT2D eigenvalue weighted by atomic mass is 9.99. The van der Waals surface area contributed by atoms with E-state index in [9.17, 15) is 0 Å². The second-order valence-electron chi connectivity index (χ2n) is 18.8. The molecule has 0 unspecified atom stereocenters. The Bertz CT molecular complexity index is 2640. The fourth-order valence-electron chi connectivity index (χ4n) is 10.2. The largest absolute Gasteiger partial charge is 0.310 e. The van der Waals surface area contributed by atoms with E-state index in [1.54, 1.807) is 5.56 Å². The molecule has 4 heteroatoms. The van der Waals surface area contributed by atoms with Gasteiger partial charge in [-0.1, -0.05) is 117 Å². The smallest absolute Gasteiger partial charge is 0.0579 e. The summed E-state index contributed by atoms with van der Waals surface area (Å²) in [6.07, 6.45) is 0. The summed E-state index contributed by atoms with van der Waals surface area (Å²) in [5, 5.41) is 2.59. The maximum Gasteiger partial charge on any atom is 0.0579 e. The van der Waals surface area contributed by atoms with Crippen molar-refractivity contribution in [3.8, 4) is 11.1 Å². The third-order valence-corrected chi connectivity index (χ3v) is 22.7. The monoisotopic (exact) mass is 778 g/mol. The van der Waals surface area contributed by atoms with Crippen LogP contribution in [0.15, 0.2) is 133 Å². The summed E-state index contributed by atoms with van der Waals surface area (Å²) in [6, 6.07) is 51.4. The fourth-order valence-corrected chi connectivity index (χ4v) is 23.3. The summed E-state index contributed by atoms with van der Waals surface area (Å²) >= 11 is 0. The number of anilines is 6. The lowest BCUT2D eigenvalue weighted by Gasteiger charge is -2.51. The zero-order valence-electron chi connectivity index (χ0n) is 36.1. The van der Waals surface area contributed by atoms with Gasteiger partial charge in [-0.05, 0) is 164 Å². The molecule has 0 saturated carbocycles. The molecule has 0 aliphatic heterocycles. The predicted octanol–water partition coefficient (Wildman–Crippen LogP) is 15.7. The van der Waals surface area contributed by atoms with Crippen molar-refractivity contribution in [2.45, 2.75) is 85.5 Å². The van der Waals surface area contributed by atoms with Crippen molar-refractivity contribution >= 4 is 61.0 Å². The molecule has 0 bridgehead atoms. The molecule has 0 saturated heterocycles. The van der Waals surface area contributed by atoms with Crippen LogP contribution >= 0.6 is 0 Å². The third-order valence-electron chi connectivity index (χ3n) is 12.6. The Kier molecular flexibility index (Phi) is 9.53. The Morgan fingerprint density at radius 1 is 0.351 bits per heavy atom. The first-order valence-corrected chi connectivity index (χ1v) is 27.6. The van der Waals surface area contributed by atoms with Crippen LogP contribution in [0.2, 0.25) is 39.3 Å². The Morgan fingerprint density at radius 2 is 0.772 bits per heavy atom. The molecule has 288 valence electrons. The van der Waals surface area contributed by atoms with Crippen LogP contribution in [0, 0.1) is 41.5 Å². The average Bonchev–Trinajstić information content (AvgIpc) is 3.45. The van der Waals surface area contributed by atoms with Crippen LogP contribution in [0.5, 0.6) is 0 Å². The quantitative estimate of drug-likeness (QED) is 0.142. The summed E-state index contributed by atoms with van der Waals surface area (Å²) in [5.74, 6) is 0. The van der Waals surface area contributed by atoms with Crippen LogP contribution in [-0.4, -0.2) is 16.1 Å². The van der Waals surface area contributed by atoms with Gasteiger partial charge < -0.3 is 9.80 Å². The van der Waals surface area contributed by atoms with E-state index in [-0.39, 0.29) is 4.66 Å². The van der Waals surface area contributed by atoms with Gasteiger partial charge >= 0.3 is 0 Å². The van der Waals surface area contributed by atoms with Crippen LogP contribution in [0.25, 0.3) is 21.9 Å². The van der Waals surface area contributed by atoms with E-state index in [0.29, 0.717) is 0 Å². The number of rotatable bonds is 8. The fraction of sp³-hybridized carbons (Fsp3) is 0.245. The van der Waals surface area contributed by atoms with Crippen LogP contribution in [-0.2, 0) is 4.66 Å². The molecule has 0 atom stereocenters. The molecule has 7 aromatic rings. The van der Waals surface area contributed by atoms with Gasteiger partial charge in [0, 0.05) is 38.8 Å². The van der Waals surface area contributed by atoms with Crippen molar-refractivity contribution in [3.05, 3.63) is 178 Å². The van der Waals surface area contributed by atoms with Gasteiger partial charge in [0.15, 0.2) is 0 Å². The molecule has 0 amide bonds. The number of nitrogens with zero attached hydrogens (tertiary/aromatic N) is 2. The van der Waals surface area contributed by atoms with E-state index in [1.165, 1.54) is 95.0 Å². The van der Waals surface area contributed by atoms with Crippen LogP contribution in [0.4, 0.5) is 34.1 Å². The van der Waals surface area contributed by atoms with Crippen molar-refractivity contribution in [3.63, 3.8) is 0 Å². The standard InChI is InChI=1S/C53H58N2Si2/c1-35-15-22-43(23-16-35)54(51-29-37(3)13-19-39(51)5)45-26-21-41-32-48-47-28-27-46(55(44-24-17-36(2)18-25-44)52-30-38(4)14-20-40(52)6)34-50(47)53(56(7,8)9,57(10,11)12)49(48)33-42(41)31-45/h13-34H,1-12H3. The average molecular weight is 779 g/mol. The molecule has 0 aromatic heterocycles. The molecule has 7 aromatic carbocycles. The van der Waals surface area contributed by atoms with E-state index in [0.717, 1.165) is 0 Å². The summed E-state index contributed by atoms with van der Waals surface area (Å²) in [5.41, 5.74) is 20.7. The highest BCUT2D eigenvalue weighted by molar-refractivity contribution is 6.99. The summed E-state index contributed by atoms with van der Waals surface area (Å²) in [6.45, 7) is 28.9. The van der Waals surface area contributed by atoms with E-state index in [1.807, 2.05) is 0 Å². The number of fused-ring (bicyclic) bond motifs is 4. The van der Waals surface area contributed by atoms with Crippen molar-refractivity contribution in [1.29, 1.82) is 0 Å². The minimum Gasteiger partial charge on any atom is -0.310 e. The van der Waals surface area contributed by atoms with Crippen molar-refractivity contribution in [1.82, 2.24) is 0 Å². The van der Waals surface area contributed by atoms with Crippen molar-refractivity contribution in [2.24, 2.45) is 0 Å². The first-order valence-electron chi connectivity index (χ1n) is 20.6. The molecule has 2 nitrogen and oxygen atoms in total. The Balaban J connectivity index is 1.37. The molecule has 0 N–H and O–H groups in total. The molecule has 1 aliphatic rings. The summed E-state index contributed by atoms with van der Waals surface area (Å²) < 4.78 is -0.0186. The molecule has 0 radical (unpaired) electrons. The summed E-state index contributed by atoms with van der Waals surface area (Å²) in [7, 11) is -3.94. The molecular weight excluding hydrogens is 721 g/mol. The third kappa shape index (κ3) is 6.47. The first-order chi connectivity index (χ1) is 27.0. The minimum atomic E-state index is -1.97. The highest BCUT2D eigenvalue weighted by atomic mass is 28.4. The molecule has 0 spiro atoms. The highest BCUT2D eigenvalue weighted by Gasteiger charge is 2.59. The number of aryl methyl sites for hydroxylation is 6. The molecule has 57 heavy (non-hydrogen) atoms. The summed E-state index contributed by atoms with van der Waals surface area (Å²) in [4.78, 5) is 4.95. The second kappa shape index (κ2) is 14.0.